The Morgan fingerprint density at radius 3 is 3.00 bits per heavy atom. The van der Waals surface area contributed by atoms with E-state index >= 15 is 0 Å². The average molecular weight is 272 g/mol. The van der Waals surface area contributed by atoms with Crippen LogP contribution in [0.4, 0.5) is 0 Å². The standard InChI is InChI=1S/C13H12N4OS/c18-12(10-19-13-5-1-2-7-15-13)17-16-9-11-4-3-6-14-8-11/h1-9H,10H2,(H,17,18)/b16-9+. The van der Waals surface area contributed by atoms with Gasteiger partial charge in [-0.05, 0) is 18.2 Å². The number of pyridine rings is 2. The van der Waals surface area contributed by atoms with Crippen molar-refractivity contribution < 1.29 is 4.79 Å². The molecule has 5 nitrogen and oxygen atoms in total. The van der Waals surface area contributed by atoms with Crippen LogP contribution in [0.2, 0.25) is 0 Å². The van der Waals surface area contributed by atoms with E-state index in [1.54, 1.807) is 30.9 Å². The maximum Gasteiger partial charge on any atom is 0.250 e. The fraction of sp³-hybridized carbons (Fsp3) is 0.0769. The molecule has 6 heteroatoms. The van der Waals surface area contributed by atoms with Crippen LogP contribution < -0.4 is 5.43 Å². The fourth-order valence-corrected chi connectivity index (χ4v) is 1.89. The van der Waals surface area contributed by atoms with Crippen LogP contribution in [0.25, 0.3) is 0 Å². The molecule has 2 aromatic rings. The number of rotatable bonds is 5. The van der Waals surface area contributed by atoms with Crippen LogP contribution in [0, 0.1) is 0 Å². The lowest BCUT2D eigenvalue weighted by Gasteiger charge is -1.99. The van der Waals surface area contributed by atoms with Gasteiger partial charge in [-0.25, -0.2) is 10.4 Å². The van der Waals surface area contributed by atoms with E-state index in [0.29, 0.717) is 0 Å². The van der Waals surface area contributed by atoms with Crippen LogP contribution >= 0.6 is 11.8 Å². The molecule has 0 atom stereocenters. The SMILES string of the molecule is O=C(CSc1ccccn1)N/N=C/c1cccnc1. The van der Waals surface area contributed by atoms with Crippen LogP contribution in [-0.4, -0.2) is 27.8 Å². The molecule has 96 valence electrons. The lowest BCUT2D eigenvalue weighted by Crippen LogP contribution is -2.19. The fourth-order valence-electron chi connectivity index (χ4n) is 1.24. The van der Waals surface area contributed by atoms with Crippen LogP contribution in [0.5, 0.6) is 0 Å². The third-order valence-corrected chi connectivity index (χ3v) is 3.02. The number of amides is 1. The second-order valence-electron chi connectivity index (χ2n) is 3.54. The Bertz CT molecular complexity index is 545. The van der Waals surface area contributed by atoms with Gasteiger partial charge in [0.15, 0.2) is 0 Å². The Morgan fingerprint density at radius 2 is 2.26 bits per heavy atom. The number of hydrogen-bond donors (Lipinski definition) is 1. The Labute approximate surface area is 115 Å². The highest BCUT2D eigenvalue weighted by Gasteiger charge is 2.01. The van der Waals surface area contributed by atoms with E-state index in [4.69, 9.17) is 0 Å². The van der Waals surface area contributed by atoms with Gasteiger partial charge in [-0.1, -0.05) is 23.9 Å². The van der Waals surface area contributed by atoms with Gasteiger partial charge in [-0.2, -0.15) is 5.10 Å². The van der Waals surface area contributed by atoms with Gasteiger partial charge in [-0.3, -0.25) is 9.78 Å². The Hall–Kier alpha value is -2.21. The third kappa shape index (κ3) is 4.89. The maximum atomic E-state index is 11.5. The highest BCUT2D eigenvalue weighted by Crippen LogP contribution is 2.12. The molecule has 0 spiro atoms. The molecule has 19 heavy (non-hydrogen) atoms. The molecule has 0 radical (unpaired) electrons. The first-order valence-electron chi connectivity index (χ1n) is 5.60. The number of thioether (sulfide) groups is 1. The molecular formula is C13H12N4OS. The number of nitrogens with zero attached hydrogens (tertiary/aromatic N) is 3. The lowest BCUT2D eigenvalue weighted by molar-refractivity contribution is -0.118. The first kappa shape index (κ1) is 13.2. The van der Waals surface area contributed by atoms with Gasteiger partial charge in [0, 0.05) is 24.2 Å². The minimum Gasteiger partial charge on any atom is -0.272 e. The number of hydrogen-bond acceptors (Lipinski definition) is 5. The summed E-state index contributed by atoms with van der Waals surface area (Å²) in [7, 11) is 0. The molecule has 0 aliphatic rings. The van der Waals surface area contributed by atoms with Gasteiger partial charge < -0.3 is 0 Å². The highest BCUT2D eigenvalue weighted by molar-refractivity contribution is 7.99. The van der Waals surface area contributed by atoms with Crippen LogP contribution in [0.15, 0.2) is 59.0 Å². The van der Waals surface area contributed by atoms with E-state index in [0.717, 1.165) is 10.6 Å². The summed E-state index contributed by atoms with van der Waals surface area (Å²) in [4.78, 5) is 19.6. The van der Waals surface area contributed by atoms with Crippen LogP contribution in [0.3, 0.4) is 0 Å². The highest BCUT2D eigenvalue weighted by atomic mass is 32.2. The first-order chi connectivity index (χ1) is 9.34. The van der Waals surface area contributed by atoms with Gasteiger partial charge >= 0.3 is 0 Å². The summed E-state index contributed by atoms with van der Waals surface area (Å²) in [6, 6.07) is 9.23. The molecule has 1 N–H and O–H groups in total. The molecular weight excluding hydrogens is 260 g/mol. The molecule has 2 rings (SSSR count). The monoisotopic (exact) mass is 272 g/mol. The van der Waals surface area contributed by atoms with Crippen molar-refractivity contribution >= 4 is 23.9 Å². The second kappa shape index (κ2) is 7.27. The third-order valence-electron chi connectivity index (χ3n) is 2.08. The van der Waals surface area contributed by atoms with Crippen molar-refractivity contribution in [2.75, 3.05) is 5.75 Å². The first-order valence-corrected chi connectivity index (χ1v) is 6.59. The summed E-state index contributed by atoms with van der Waals surface area (Å²) < 4.78 is 0. The van der Waals surface area contributed by atoms with Crippen molar-refractivity contribution in [1.82, 2.24) is 15.4 Å². The van der Waals surface area contributed by atoms with Crippen molar-refractivity contribution in [3.8, 4) is 0 Å². The van der Waals surface area contributed by atoms with E-state index in [2.05, 4.69) is 20.5 Å². The summed E-state index contributed by atoms with van der Waals surface area (Å²) >= 11 is 1.37. The smallest absolute Gasteiger partial charge is 0.250 e. The second-order valence-corrected chi connectivity index (χ2v) is 4.53. The molecule has 0 fully saturated rings. The summed E-state index contributed by atoms with van der Waals surface area (Å²) in [5, 5.41) is 4.67. The molecule has 0 saturated heterocycles. The summed E-state index contributed by atoms with van der Waals surface area (Å²) in [6.07, 6.45) is 6.59. The maximum absolute atomic E-state index is 11.5. The van der Waals surface area contributed by atoms with Crippen molar-refractivity contribution in [2.24, 2.45) is 5.10 Å². The number of carbonyl (C=O) groups is 1. The summed E-state index contributed by atoms with van der Waals surface area (Å²) in [5.41, 5.74) is 3.29. The normalized spacial score (nSPS) is 10.5. The van der Waals surface area contributed by atoms with Crippen molar-refractivity contribution in [1.29, 1.82) is 0 Å². The number of aromatic nitrogens is 2. The zero-order valence-electron chi connectivity index (χ0n) is 10.1. The Balaban J connectivity index is 1.75. The van der Waals surface area contributed by atoms with Crippen molar-refractivity contribution in [2.45, 2.75) is 5.03 Å². The van der Waals surface area contributed by atoms with Crippen LogP contribution in [-0.2, 0) is 4.79 Å². The molecule has 2 aromatic heterocycles. The number of carbonyl (C=O) groups excluding carboxylic acids is 1. The van der Waals surface area contributed by atoms with Gasteiger partial charge in [-0.15, -0.1) is 0 Å². The largest absolute Gasteiger partial charge is 0.272 e. The van der Waals surface area contributed by atoms with E-state index in [1.807, 2.05) is 24.3 Å². The number of hydrazone groups is 1. The molecule has 2 heterocycles. The number of nitrogens with one attached hydrogen (secondary N) is 1. The predicted octanol–water partition coefficient (Wildman–Crippen LogP) is 1.72. The van der Waals surface area contributed by atoms with Crippen molar-refractivity contribution in [3.63, 3.8) is 0 Å². The van der Waals surface area contributed by atoms with E-state index in [1.165, 1.54) is 11.8 Å². The zero-order chi connectivity index (χ0) is 13.3. The topological polar surface area (TPSA) is 67.2 Å². The molecule has 0 aliphatic carbocycles. The van der Waals surface area contributed by atoms with E-state index in [9.17, 15) is 4.79 Å². The Morgan fingerprint density at radius 1 is 1.32 bits per heavy atom. The van der Waals surface area contributed by atoms with Crippen LogP contribution in [0.1, 0.15) is 5.56 Å². The molecule has 0 saturated carbocycles. The van der Waals surface area contributed by atoms with E-state index < -0.39 is 0 Å². The minimum atomic E-state index is -0.171. The van der Waals surface area contributed by atoms with Gasteiger partial charge in [0.25, 0.3) is 0 Å². The Kier molecular flexibility index (Phi) is 5.06. The van der Waals surface area contributed by atoms with Gasteiger partial charge in [0.05, 0.1) is 17.0 Å². The van der Waals surface area contributed by atoms with Crippen molar-refractivity contribution in [3.05, 3.63) is 54.5 Å². The minimum absolute atomic E-state index is 0.171. The molecule has 1 amide bonds. The van der Waals surface area contributed by atoms with Gasteiger partial charge in [0.1, 0.15) is 0 Å². The average Bonchev–Trinajstić information content (AvgIpc) is 2.47. The quantitative estimate of drug-likeness (QED) is 0.511. The van der Waals surface area contributed by atoms with Gasteiger partial charge in [0.2, 0.25) is 5.91 Å². The lowest BCUT2D eigenvalue weighted by atomic mass is 10.3. The predicted molar refractivity (Wildman–Crippen MR) is 74.9 cm³/mol. The molecule has 0 aromatic carbocycles. The summed E-state index contributed by atoms with van der Waals surface area (Å²) in [6.45, 7) is 0. The molecule has 0 aliphatic heterocycles. The molecule has 0 bridgehead atoms. The van der Waals surface area contributed by atoms with E-state index in [-0.39, 0.29) is 11.7 Å². The zero-order valence-corrected chi connectivity index (χ0v) is 10.9. The summed E-state index contributed by atoms with van der Waals surface area (Å²) in [5.74, 6) is 0.109. The molecule has 0 unspecified atom stereocenters.